The van der Waals surface area contributed by atoms with Crippen molar-refractivity contribution in [1.29, 1.82) is 0 Å². The van der Waals surface area contributed by atoms with Crippen molar-refractivity contribution in [3.63, 3.8) is 0 Å². The molecule has 1 atom stereocenters. The molecule has 1 rings (SSSR count). The maximum Gasteiger partial charge on any atom is 0.307 e. The van der Waals surface area contributed by atoms with Gasteiger partial charge < -0.3 is 10.1 Å². The third-order valence-corrected chi connectivity index (χ3v) is 3.08. The van der Waals surface area contributed by atoms with Crippen molar-refractivity contribution in [2.45, 2.75) is 38.6 Å². The SMILES string of the molecule is CCCCNC(CC(=O)OC)Cc1cc(F)ccc1F. The summed E-state index contributed by atoms with van der Waals surface area (Å²) in [6.45, 7) is 2.79. The van der Waals surface area contributed by atoms with E-state index in [1.165, 1.54) is 13.2 Å². The number of rotatable bonds is 8. The van der Waals surface area contributed by atoms with Crippen molar-refractivity contribution in [2.75, 3.05) is 13.7 Å². The molecule has 0 heterocycles. The van der Waals surface area contributed by atoms with Crippen LogP contribution in [0.3, 0.4) is 0 Å². The quantitative estimate of drug-likeness (QED) is 0.589. The number of unbranched alkanes of at least 4 members (excludes halogenated alkanes) is 1. The van der Waals surface area contributed by atoms with Crippen molar-refractivity contribution in [2.24, 2.45) is 0 Å². The molecule has 1 aromatic rings. The van der Waals surface area contributed by atoms with E-state index in [1.54, 1.807) is 0 Å². The van der Waals surface area contributed by atoms with Crippen LogP contribution in [0.25, 0.3) is 0 Å². The van der Waals surface area contributed by atoms with Crippen LogP contribution in [0.5, 0.6) is 0 Å². The van der Waals surface area contributed by atoms with Gasteiger partial charge in [0.2, 0.25) is 0 Å². The summed E-state index contributed by atoms with van der Waals surface area (Å²) in [4.78, 5) is 11.4. The monoisotopic (exact) mass is 285 g/mol. The van der Waals surface area contributed by atoms with Crippen LogP contribution in [0.15, 0.2) is 18.2 Å². The zero-order valence-electron chi connectivity index (χ0n) is 11.9. The maximum atomic E-state index is 13.6. The second-order valence-corrected chi connectivity index (χ2v) is 4.72. The lowest BCUT2D eigenvalue weighted by atomic mass is 10.0. The number of carbonyl (C=O) groups is 1. The largest absolute Gasteiger partial charge is 0.469 e. The third-order valence-electron chi connectivity index (χ3n) is 3.08. The predicted octanol–water partition coefficient (Wildman–Crippen LogP) is 2.83. The molecule has 0 bridgehead atoms. The molecule has 0 fully saturated rings. The molecule has 112 valence electrons. The van der Waals surface area contributed by atoms with E-state index in [0.717, 1.165) is 31.5 Å². The Hall–Kier alpha value is -1.49. The summed E-state index contributed by atoms with van der Waals surface area (Å²) < 4.78 is 31.4. The van der Waals surface area contributed by atoms with Gasteiger partial charge >= 0.3 is 5.97 Å². The molecule has 0 spiro atoms. The van der Waals surface area contributed by atoms with Gasteiger partial charge in [-0.3, -0.25) is 4.79 Å². The topological polar surface area (TPSA) is 38.3 Å². The first kappa shape index (κ1) is 16.6. The van der Waals surface area contributed by atoms with Crippen LogP contribution in [0, 0.1) is 11.6 Å². The summed E-state index contributed by atoms with van der Waals surface area (Å²) in [5.74, 6) is -1.30. The minimum absolute atomic E-state index is 0.135. The van der Waals surface area contributed by atoms with Gasteiger partial charge in [-0.15, -0.1) is 0 Å². The fourth-order valence-electron chi connectivity index (χ4n) is 1.95. The Bertz CT molecular complexity index is 438. The van der Waals surface area contributed by atoms with E-state index in [1.807, 2.05) is 0 Å². The molecular formula is C15H21F2NO2. The first-order valence-corrected chi connectivity index (χ1v) is 6.81. The number of benzene rings is 1. The highest BCUT2D eigenvalue weighted by atomic mass is 19.1. The van der Waals surface area contributed by atoms with Gasteiger partial charge in [0.15, 0.2) is 0 Å². The Morgan fingerprint density at radius 2 is 2.15 bits per heavy atom. The highest BCUT2D eigenvalue weighted by Crippen LogP contribution is 2.13. The lowest BCUT2D eigenvalue weighted by molar-refractivity contribution is -0.141. The van der Waals surface area contributed by atoms with E-state index in [2.05, 4.69) is 17.0 Å². The molecule has 0 saturated carbocycles. The molecule has 1 unspecified atom stereocenters. The number of ether oxygens (including phenoxy) is 1. The number of nitrogens with one attached hydrogen (secondary N) is 1. The van der Waals surface area contributed by atoms with Gasteiger partial charge in [-0.05, 0) is 43.1 Å². The van der Waals surface area contributed by atoms with Crippen molar-refractivity contribution < 1.29 is 18.3 Å². The molecule has 0 aliphatic carbocycles. The van der Waals surface area contributed by atoms with E-state index in [0.29, 0.717) is 0 Å². The molecule has 0 aliphatic heterocycles. The highest BCUT2D eigenvalue weighted by Gasteiger charge is 2.16. The summed E-state index contributed by atoms with van der Waals surface area (Å²) in [6.07, 6.45) is 2.37. The average Bonchev–Trinajstić information content (AvgIpc) is 2.42. The second-order valence-electron chi connectivity index (χ2n) is 4.72. The molecule has 0 radical (unpaired) electrons. The molecule has 1 N–H and O–H groups in total. The van der Waals surface area contributed by atoms with Crippen LogP contribution in [0.1, 0.15) is 31.7 Å². The molecule has 3 nitrogen and oxygen atoms in total. The summed E-state index contributed by atoms with van der Waals surface area (Å²) in [5, 5.41) is 3.19. The molecule has 5 heteroatoms. The Balaban J connectivity index is 2.71. The zero-order valence-corrected chi connectivity index (χ0v) is 11.9. The van der Waals surface area contributed by atoms with Gasteiger partial charge in [0.25, 0.3) is 0 Å². The van der Waals surface area contributed by atoms with Crippen LogP contribution in [-0.4, -0.2) is 25.7 Å². The van der Waals surface area contributed by atoms with Gasteiger partial charge in [0.1, 0.15) is 11.6 Å². The molecule has 1 aromatic carbocycles. The van der Waals surface area contributed by atoms with Gasteiger partial charge in [-0.25, -0.2) is 8.78 Å². The van der Waals surface area contributed by atoms with Gasteiger partial charge in [-0.1, -0.05) is 13.3 Å². The average molecular weight is 285 g/mol. The Morgan fingerprint density at radius 1 is 1.40 bits per heavy atom. The van der Waals surface area contributed by atoms with Crippen LogP contribution >= 0.6 is 0 Å². The standard InChI is InChI=1S/C15H21F2NO2/c1-3-4-7-18-13(10-15(19)20-2)9-11-8-12(16)5-6-14(11)17/h5-6,8,13,18H,3-4,7,9-10H2,1-2H3. The smallest absolute Gasteiger partial charge is 0.307 e. The number of hydrogen-bond donors (Lipinski definition) is 1. The van der Waals surface area contributed by atoms with E-state index in [-0.39, 0.29) is 30.4 Å². The Morgan fingerprint density at radius 3 is 2.80 bits per heavy atom. The van der Waals surface area contributed by atoms with Gasteiger partial charge in [0.05, 0.1) is 13.5 Å². The van der Waals surface area contributed by atoms with Crippen molar-refractivity contribution in [3.8, 4) is 0 Å². The van der Waals surface area contributed by atoms with E-state index in [4.69, 9.17) is 0 Å². The van der Waals surface area contributed by atoms with Crippen LogP contribution < -0.4 is 5.32 Å². The summed E-state index contributed by atoms with van der Waals surface area (Å²) in [7, 11) is 1.31. The predicted molar refractivity (Wildman–Crippen MR) is 73.4 cm³/mol. The summed E-state index contributed by atoms with van der Waals surface area (Å²) in [5.41, 5.74) is 0.267. The van der Waals surface area contributed by atoms with Gasteiger partial charge in [-0.2, -0.15) is 0 Å². The molecular weight excluding hydrogens is 264 g/mol. The lowest BCUT2D eigenvalue weighted by Crippen LogP contribution is -2.34. The fraction of sp³-hybridized carbons (Fsp3) is 0.533. The normalized spacial score (nSPS) is 12.2. The van der Waals surface area contributed by atoms with Crippen molar-refractivity contribution >= 4 is 5.97 Å². The number of esters is 1. The molecule has 0 aliphatic rings. The highest BCUT2D eigenvalue weighted by molar-refractivity contribution is 5.70. The van der Waals surface area contributed by atoms with E-state index >= 15 is 0 Å². The molecule has 0 aromatic heterocycles. The summed E-state index contributed by atoms with van der Waals surface area (Å²) >= 11 is 0. The minimum Gasteiger partial charge on any atom is -0.469 e. The van der Waals surface area contributed by atoms with E-state index < -0.39 is 11.6 Å². The van der Waals surface area contributed by atoms with Gasteiger partial charge in [0, 0.05) is 6.04 Å². The number of methoxy groups -OCH3 is 1. The second kappa shape index (κ2) is 8.64. The number of halogens is 2. The lowest BCUT2D eigenvalue weighted by Gasteiger charge is -2.18. The van der Waals surface area contributed by atoms with Crippen LogP contribution in [-0.2, 0) is 16.0 Å². The van der Waals surface area contributed by atoms with Crippen molar-refractivity contribution in [3.05, 3.63) is 35.4 Å². The molecule has 0 amide bonds. The minimum atomic E-state index is -0.480. The van der Waals surface area contributed by atoms with E-state index in [9.17, 15) is 13.6 Å². The Labute approximate surface area is 118 Å². The van der Waals surface area contributed by atoms with Crippen LogP contribution in [0.2, 0.25) is 0 Å². The summed E-state index contributed by atoms with van der Waals surface area (Å²) in [6, 6.07) is 3.09. The fourth-order valence-corrected chi connectivity index (χ4v) is 1.95. The third kappa shape index (κ3) is 5.65. The van der Waals surface area contributed by atoms with Crippen molar-refractivity contribution in [1.82, 2.24) is 5.32 Å². The number of carbonyl (C=O) groups excluding carboxylic acids is 1. The zero-order chi connectivity index (χ0) is 15.0. The molecule has 20 heavy (non-hydrogen) atoms. The van der Waals surface area contributed by atoms with Crippen LogP contribution in [0.4, 0.5) is 8.78 Å². The molecule has 0 saturated heterocycles. The Kier molecular flexibility index (Phi) is 7.15. The first-order valence-electron chi connectivity index (χ1n) is 6.81. The number of hydrogen-bond acceptors (Lipinski definition) is 3. The first-order chi connectivity index (χ1) is 9.56. The maximum absolute atomic E-state index is 13.6.